The number of allylic oxidation sites excluding steroid dienone is 1. The van der Waals surface area contributed by atoms with Gasteiger partial charge in [0.05, 0.1) is 64.2 Å². The van der Waals surface area contributed by atoms with Gasteiger partial charge >= 0.3 is 6.09 Å². The third-order valence-electron chi connectivity index (χ3n) is 9.42. The van der Waals surface area contributed by atoms with Crippen molar-refractivity contribution in [3.8, 4) is 0 Å². The summed E-state index contributed by atoms with van der Waals surface area (Å²) in [6.45, 7) is 12.3. The molecule has 0 aromatic rings. The summed E-state index contributed by atoms with van der Waals surface area (Å²) in [5.74, 6) is -1.14. The Morgan fingerprint density at radius 1 is 0.942 bits per heavy atom. The van der Waals surface area contributed by atoms with Crippen molar-refractivity contribution >= 4 is 30.1 Å². The van der Waals surface area contributed by atoms with Crippen LogP contribution >= 0.6 is 0 Å². The number of alkyl carbamates (subject to hydrolysis) is 1. The van der Waals surface area contributed by atoms with Gasteiger partial charge in [-0.25, -0.2) is 4.79 Å². The van der Waals surface area contributed by atoms with Crippen LogP contribution in [-0.4, -0.2) is 139 Å². The molecule has 16 nitrogen and oxygen atoms in total. The minimum atomic E-state index is -0.587. The third kappa shape index (κ3) is 14.0. The second-order valence-corrected chi connectivity index (χ2v) is 13.9. The molecule has 3 aliphatic rings. The van der Waals surface area contributed by atoms with E-state index < -0.39 is 29.7 Å². The summed E-state index contributed by atoms with van der Waals surface area (Å²) in [6.07, 6.45) is 3.94. The molecule has 0 aromatic carbocycles. The number of epoxide rings is 2. The van der Waals surface area contributed by atoms with Gasteiger partial charge < -0.3 is 59.8 Å². The van der Waals surface area contributed by atoms with Crippen LogP contribution in [0.5, 0.6) is 0 Å². The molecule has 1 saturated carbocycles. The van der Waals surface area contributed by atoms with Crippen molar-refractivity contribution in [3.63, 3.8) is 0 Å². The van der Waals surface area contributed by atoms with Gasteiger partial charge in [-0.3, -0.25) is 14.4 Å². The number of aldehydes is 1. The number of methoxy groups -OCH3 is 1. The van der Waals surface area contributed by atoms with E-state index in [2.05, 4.69) is 53.4 Å². The van der Waals surface area contributed by atoms with E-state index in [9.17, 15) is 24.0 Å². The quantitative estimate of drug-likeness (QED) is 0.0407. The highest BCUT2D eigenvalue weighted by molar-refractivity contribution is 5.88. The van der Waals surface area contributed by atoms with Crippen LogP contribution < -0.4 is 26.6 Å². The molecule has 2 aliphatic heterocycles. The lowest BCUT2D eigenvalue weighted by atomic mass is 9.68. The molecule has 52 heavy (non-hydrogen) atoms. The molecule has 3 fully saturated rings. The number of hydrogen-bond donors (Lipinski definition) is 5. The van der Waals surface area contributed by atoms with E-state index >= 15 is 0 Å². The number of rotatable bonds is 24. The Bertz CT molecular complexity index is 1190. The lowest BCUT2D eigenvalue weighted by molar-refractivity contribution is -0.128. The molecule has 16 heteroatoms. The smallest absolute Gasteiger partial charge is 0.407 e. The normalized spacial score (nSPS) is 26.4. The molecule has 3 unspecified atom stereocenters. The second kappa shape index (κ2) is 22.2. The standard InChI is InChI=1S/C35H59N5O11.CH4/c1-23(2)7-8-26-34(5,51-26)31-30(46-6)25(9-11-35(31)22-49-35)50-33(45)39-15-18-48-20-19-47-17-14-37-27(42)10-12-38-29(24(3)4)32(44)40-21-28(43)36-13-16-41;/h7,16,24-26,29-31,38H,8-15,17-22H2,1-6H3,(H,36,43)(H,37,42)(H,39,45)(H,40,44);1H4/t25?,26-,29+,30?,31?,34+,35+;/m1./s1. The molecule has 5 N–H and O–H groups in total. The Labute approximate surface area is 308 Å². The summed E-state index contributed by atoms with van der Waals surface area (Å²) >= 11 is 0. The molecular weight excluding hydrogens is 678 g/mol. The zero-order valence-corrected chi connectivity index (χ0v) is 31.0. The van der Waals surface area contributed by atoms with Crippen LogP contribution in [0.15, 0.2) is 11.6 Å². The summed E-state index contributed by atoms with van der Waals surface area (Å²) in [4.78, 5) is 59.2. The molecular formula is C36H63N5O11. The summed E-state index contributed by atoms with van der Waals surface area (Å²) in [5.41, 5.74) is 0.561. The number of hydrogen-bond acceptors (Lipinski definition) is 12. The van der Waals surface area contributed by atoms with Crippen LogP contribution in [0.1, 0.15) is 67.7 Å². The summed E-state index contributed by atoms with van der Waals surface area (Å²) in [6, 6.07) is -0.587. The maximum absolute atomic E-state index is 12.6. The molecule has 0 radical (unpaired) electrons. The van der Waals surface area contributed by atoms with Crippen molar-refractivity contribution in [2.75, 3.05) is 72.9 Å². The highest BCUT2D eigenvalue weighted by Gasteiger charge is 2.72. The molecule has 298 valence electrons. The molecule has 4 amide bonds. The number of carbonyl (C=O) groups excluding carboxylic acids is 5. The first kappa shape index (κ1) is 45.0. The van der Waals surface area contributed by atoms with Crippen LogP contribution in [0.2, 0.25) is 0 Å². The van der Waals surface area contributed by atoms with E-state index in [-0.39, 0.29) is 88.1 Å². The second-order valence-electron chi connectivity index (χ2n) is 13.9. The van der Waals surface area contributed by atoms with Crippen molar-refractivity contribution in [3.05, 3.63) is 11.6 Å². The number of amides is 4. The number of carbonyl (C=O) groups is 5. The first-order valence-corrected chi connectivity index (χ1v) is 17.9. The van der Waals surface area contributed by atoms with Crippen molar-refractivity contribution in [1.82, 2.24) is 26.6 Å². The Kier molecular flexibility index (Phi) is 19.2. The highest BCUT2D eigenvalue weighted by atomic mass is 16.6. The largest absolute Gasteiger partial charge is 0.443 e. The van der Waals surface area contributed by atoms with Crippen LogP contribution in [-0.2, 0) is 47.6 Å². The van der Waals surface area contributed by atoms with E-state index in [0.29, 0.717) is 45.7 Å². The number of nitrogens with one attached hydrogen (secondary N) is 5. The molecule has 0 bridgehead atoms. The van der Waals surface area contributed by atoms with Gasteiger partial charge in [-0.2, -0.15) is 0 Å². The van der Waals surface area contributed by atoms with Crippen molar-refractivity contribution in [2.24, 2.45) is 11.8 Å². The van der Waals surface area contributed by atoms with E-state index in [0.717, 1.165) is 12.8 Å². The molecule has 2 heterocycles. The molecule has 3 rings (SSSR count). The summed E-state index contributed by atoms with van der Waals surface area (Å²) in [5, 5.41) is 13.4. The summed E-state index contributed by atoms with van der Waals surface area (Å²) < 4.78 is 35.0. The van der Waals surface area contributed by atoms with Crippen LogP contribution in [0.3, 0.4) is 0 Å². The maximum atomic E-state index is 12.6. The Morgan fingerprint density at radius 3 is 2.21 bits per heavy atom. The van der Waals surface area contributed by atoms with E-state index in [1.807, 2.05) is 13.8 Å². The monoisotopic (exact) mass is 741 g/mol. The number of ether oxygens (including phenoxy) is 6. The van der Waals surface area contributed by atoms with Gasteiger partial charge in [0.1, 0.15) is 29.7 Å². The topological polar surface area (TPSA) is 207 Å². The van der Waals surface area contributed by atoms with Gasteiger partial charge in [0.15, 0.2) is 0 Å². The van der Waals surface area contributed by atoms with Crippen molar-refractivity contribution in [2.45, 2.75) is 103 Å². The average molecular weight is 742 g/mol. The maximum Gasteiger partial charge on any atom is 0.407 e. The molecule has 1 spiro atoms. The first-order chi connectivity index (χ1) is 24.4. The fourth-order valence-corrected chi connectivity index (χ4v) is 6.62. The molecule has 2 saturated heterocycles. The van der Waals surface area contributed by atoms with Crippen molar-refractivity contribution < 1.29 is 52.4 Å². The Balaban J connectivity index is 0.00000936. The molecule has 0 aromatic heterocycles. The first-order valence-electron chi connectivity index (χ1n) is 17.9. The average Bonchev–Trinajstić information content (AvgIpc) is 4.01. The van der Waals surface area contributed by atoms with Crippen LogP contribution in [0.25, 0.3) is 0 Å². The van der Waals surface area contributed by atoms with Gasteiger partial charge in [-0.15, -0.1) is 0 Å². The van der Waals surface area contributed by atoms with E-state index in [1.54, 1.807) is 7.11 Å². The van der Waals surface area contributed by atoms with Crippen LogP contribution in [0, 0.1) is 11.8 Å². The fourth-order valence-electron chi connectivity index (χ4n) is 6.62. The highest BCUT2D eigenvalue weighted by Crippen LogP contribution is 2.59. The van der Waals surface area contributed by atoms with Crippen molar-refractivity contribution in [1.29, 1.82) is 0 Å². The van der Waals surface area contributed by atoms with E-state index in [4.69, 9.17) is 28.4 Å². The Hall–Kier alpha value is -3.15. The zero-order valence-electron chi connectivity index (χ0n) is 31.0. The van der Waals surface area contributed by atoms with Gasteiger partial charge in [-0.05, 0) is 46.0 Å². The molecule has 1 aliphatic carbocycles. The lowest BCUT2D eigenvalue weighted by Crippen LogP contribution is -2.56. The van der Waals surface area contributed by atoms with Gasteiger partial charge in [0, 0.05) is 33.2 Å². The van der Waals surface area contributed by atoms with Gasteiger partial charge in [0.25, 0.3) is 0 Å². The predicted octanol–water partition coefficient (Wildman–Crippen LogP) is 1.01. The minimum Gasteiger partial charge on any atom is -0.443 e. The molecule has 7 atom stereocenters. The summed E-state index contributed by atoms with van der Waals surface area (Å²) in [7, 11) is 1.65. The lowest BCUT2D eigenvalue weighted by Gasteiger charge is -2.42. The van der Waals surface area contributed by atoms with E-state index in [1.165, 1.54) is 5.57 Å². The minimum absolute atomic E-state index is 0. The van der Waals surface area contributed by atoms with Gasteiger partial charge in [-0.1, -0.05) is 32.9 Å². The van der Waals surface area contributed by atoms with Gasteiger partial charge in [0.2, 0.25) is 17.7 Å². The fraction of sp³-hybridized carbons (Fsp3) is 0.806. The third-order valence-corrected chi connectivity index (χ3v) is 9.42. The predicted molar refractivity (Wildman–Crippen MR) is 193 cm³/mol. The SMILES string of the molecule is C.COC1C(OC(=O)NCCOCCOCCNC(=O)CCN[C@H](C(=O)NCC(=O)NCC=O)C(C)C)CC[C@]2(CO2)C1[C@@]1(C)O[C@@H]1CC=C(C)C. The Morgan fingerprint density at radius 2 is 1.62 bits per heavy atom. The van der Waals surface area contributed by atoms with Crippen LogP contribution in [0.4, 0.5) is 4.79 Å². The zero-order chi connectivity index (χ0) is 37.4.